The average Bonchev–Trinajstić information content (AvgIpc) is 3.41. The molecule has 1 aromatic carbocycles. The van der Waals surface area contributed by atoms with Crippen molar-refractivity contribution in [3.8, 4) is 0 Å². The molecule has 3 N–H and O–H groups in total. The van der Waals surface area contributed by atoms with E-state index in [1.165, 1.54) is 17.0 Å². The zero-order valence-electron chi connectivity index (χ0n) is 16.4. The minimum absolute atomic E-state index is 0.00373. The van der Waals surface area contributed by atoms with Gasteiger partial charge in [-0.3, -0.25) is 9.79 Å². The molecule has 1 aromatic heterocycles. The Morgan fingerprint density at radius 3 is 2.82 bits per heavy atom. The zero-order valence-corrected chi connectivity index (χ0v) is 17.2. The van der Waals surface area contributed by atoms with Crippen LogP contribution in [0.3, 0.4) is 0 Å². The molecule has 6 nitrogen and oxygen atoms in total. The van der Waals surface area contributed by atoms with Gasteiger partial charge in [-0.15, -0.1) is 11.3 Å². The zero-order chi connectivity index (χ0) is 19.6. The Hall–Kier alpha value is -2.54. The topological polar surface area (TPSA) is 68.8 Å². The second-order valence-corrected chi connectivity index (χ2v) is 7.71. The van der Waals surface area contributed by atoms with Crippen LogP contribution in [0.1, 0.15) is 29.4 Å². The third-order valence-electron chi connectivity index (χ3n) is 4.63. The molecule has 2 aromatic rings. The molecule has 0 saturated carbocycles. The molecule has 0 aliphatic carbocycles. The fourth-order valence-electron chi connectivity index (χ4n) is 3.23. The van der Waals surface area contributed by atoms with Crippen LogP contribution in [0.5, 0.6) is 0 Å². The number of hydrogen-bond donors (Lipinski definition) is 3. The summed E-state index contributed by atoms with van der Waals surface area (Å²) in [4.78, 5) is 19.7. The van der Waals surface area contributed by atoms with Crippen molar-refractivity contribution >= 4 is 28.9 Å². The van der Waals surface area contributed by atoms with Crippen LogP contribution in [-0.2, 0) is 0 Å². The summed E-state index contributed by atoms with van der Waals surface area (Å²) < 4.78 is 0. The van der Waals surface area contributed by atoms with Gasteiger partial charge >= 0.3 is 0 Å². The van der Waals surface area contributed by atoms with Crippen molar-refractivity contribution < 1.29 is 4.79 Å². The maximum atomic E-state index is 11.9. The minimum atomic E-state index is -0.00373. The third kappa shape index (κ3) is 5.99. The van der Waals surface area contributed by atoms with Gasteiger partial charge in [-0.2, -0.15) is 0 Å². The highest BCUT2D eigenvalue weighted by Crippen LogP contribution is 2.19. The molecule has 1 fully saturated rings. The van der Waals surface area contributed by atoms with Gasteiger partial charge in [-0.05, 0) is 43.3 Å². The van der Waals surface area contributed by atoms with Crippen molar-refractivity contribution in [2.45, 2.75) is 25.8 Å². The molecule has 1 unspecified atom stereocenters. The molecule has 0 bridgehead atoms. The van der Waals surface area contributed by atoms with Crippen molar-refractivity contribution in [2.24, 2.45) is 4.99 Å². The van der Waals surface area contributed by atoms with Crippen molar-refractivity contribution in [1.29, 1.82) is 0 Å². The van der Waals surface area contributed by atoms with Gasteiger partial charge in [0.2, 0.25) is 0 Å². The predicted octanol–water partition coefficient (Wildman–Crippen LogP) is 2.70. The lowest BCUT2D eigenvalue weighted by molar-refractivity contribution is 0.0957. The highest BCUT2D eigenvalue weighted by Gasteiger charge is 2.23. The van der Waals surface area contributed by atoms with Crippen LogP contribution in [0.2, 0.25) is 0 Å². The van der Waals surface area contributed by atoms with Crippen molar-refractivity contribution in [3.63, 3.8) is 0 Å². The van der Waals surface area contributed by atoms with Crippen molar-refractivity contribution in [3.05, 3.63) is 52.7 Å². The lowest BCUT2D eigenvalue weighted by atomic mass is 10.3. The molecule has 1 saturated heterocycles. The van der Waals surface area contributed by atoms with E-state index >= 15 is 0 Å². The van der Waals surface area contributed by atoms with Gasteiger partial charge in [0.25, 0.3) is 5.91 Å². The molecule has 28 heavy (non-hydrogen) atoms. The van der Waals surface area contributed by atoms with Crippen LogP contribution < -0.4 is 20.9 Å². The minimum Gasteiger partial charge on any atom is -0.369 e. The number of nitrogens with one attached hydrogen (secondary N) is 3. The SMILES string of the molecule is CCNC(=NCCCNC(=O)c1cccs1)NC1CCN(c2ccccc2)C1. The molecule has 0 spiro atoms. The van der Waals surface area contributed by atoms with Crippen LogP contribution in [0.15, 0.2) is 52.8 Å². The van der Waals surface area contributed by atoms with Crippen LogP contribution >= 0.6 is 11.3 Å². The summed E-state index contributed by atoms with van der Waals surface area (Å²) in [6, 6.07) is 14.6. The first-order chi connectivity index (χ1) is 13.8. The van der Waals surface area contributed by atoms with E-state index in [1.807, 2.05) is 23.6 Å². The lowest BCUT2D eigenvalue weighted by Gasteiger charge is -2.20. The van der Waals surface area contributed by atoms with Gasteiger partial charge in [-0.25, -0.2) is 0 Å². The Bertz CT molecular complexity index is 747. The molecule has 150 valence electrons. The van der Waals surface area contributed by atoms with E-state index in [2.05, 4.69) is 57.0 Å². The second-order valence-electron chi connectivity index (χ2n) is 6.76. The number of anilines is 1. The van der Waals surface area contributed by atoms with Gasteiger partial charge in [0.05, 0.1) is 4.88 Å². The Kier molecular flexibility index (Phi) is 7.72. The highest BCUT2D eigenvalue weighted by atomic mass is 32.1. The Balaban J connectivity index is 1.41. The first-order valence-corrected chi connectivity index (χ1v) is 10.8. The Morgan fingerprint density at radius 2 is 2.07 bits per heavy atom. The number of thiophene rings is 1. The van der Waals surface area contributed by atoms with E-state index < -0.39 is 0 Å². The maximum Gasteiger partial charge on any atom is 0.261 e. The number of para-hydroxylation sites is 1. The van der Waals surface area contributed by atoms with Gasteiger partial charge < -0.3 is 20.9 Å². The van der Waals surface area contributed by atoms with E-state index in [0.29, 0.717) is 19.1 Å². The van der Waals surface area contributed by atoms with Gasteiger partial charge in [0.1, 0.15) is 0 Å². The lowest BCUT2D eigenvalue weighted by Crippen LogP contribution is -2.44. The number of nitrogens with zero attached hydrogens (tertiary/aromatic N) is 2. The van der Waals surface area contributed by atoms with Gasteiger partial charge in [0, 0.05) is 44.5 Å². The summed E-state index contributed by atoms with van der Waals surface area (Å²) in [5.41, 5.74) is 1.27. The van der Waals surface area contributed by atoms with E-state index in [-0.39, 0.29) is 5.91 Å². The molecule has 1 amide bonds. The summed E-state index contributed by atoms with van der Waals surface area (Å²) in [6.07, 6.45) is 1.91. The molecule has 0 radical (unpaired) electrons. The predicted molar refractivity (Wildman–Crippen MR) is 117 cm³/mol. The van der Waals surface area contributed by atoms with Crippen LogP contribution in [-0.4, -0.2) is 50.6 Å². The molecular formula is C21H29N5OS. The van der Waals surface area contributed by atoms with E-state index in [1.54, 1.807) is 0 Å². The number of aliphatic imine (C=N–C) groups is 1. The second kappa shape index (κ2) is 10.7. The third-order valence-corrected chi connectivity index (χ3v) is 5.50. The maximum absolute atomic E-state index is 11.9. The first kappa shape index (κ1) is 20.2. The summed E-state index contributed by atoms with van der Waals surface area (Å²) >= 11 is 1.46. The van der Waals surface area contributed by atoms with Crippen LogP contribution in [0.25, 0.3) is 0 Å². The van der Waals surface area contributed by atoms with Crippen LogP contribution in [0, 0.1) is 0 Å². The van der Waals surface area contributed by atoms with Gasteiger partial charge in [0.15, 0.2) is 5.96 Å². The number of hydrogen-bond acceptors (Lipinski definition) is 4. The highest BCUT2D eigenvalue weighted by molar-refractivity contribution is 7.12. The standard InChI is InChI=1S/C21H29N5OS/c1-2-22-21(24-13-7-12-23-20(27)19-10-6-15-28-19)25-17-11-14-26(16-17)18-8-4-3-5-9-18/h3-6,8-10,15,17H,2,7,11-14,16H2,1H3,(H,23,27)(H2,22,24,25). The monoisotopic (exact) mass is 399 g/mol. The number of carbonyl (C=O) groups excluding carboxylic acids is 1. The quantitative estimate of drug-likeness (QED) is 0.363. The number of benzene rings is 1. The summed E-state index contributed by atoms with van der Waals surface area (Å²) in [7, 11) is 0. The van der Waals surface area contributed by atoms with Crippen molar-refractivity contribution in [2.75, 3.05) is 37.6 Å². The molecule has 2 heterocycles. The van der Waals surface area contributed by atoms with E-state index in [9.17, 15) is 4.79 Å². The number of guanidine groups is 1. The summed E-state index contributed by atoms with van der Waals surface area (Å²) in [5, 5.41) is 11.7. The molecular weight excluding hydrogens is 370 g/mol. The fourth-order valence-corrected chi connectivity index (χ4v) is 3.87. The number of carbonyl (C=O) groups is 1. The Morgan fingerprint density at radius 1 is 1.21 bits per heavy atom. The van der Waals surface area contributed by atoms with E-state index in [0.717, 1.165) is 43.3 Å². The largest absolute Gasteiger partial charge is 0.369 e. The van der Waals surface area contributed by atoms with Crippen LogP contribution in [0.4, 0.5) is 5.69 Å². The fraction of sp³-hybridized carbons (Fsp3) is 0.429. The molecule has 1 aliphatic rings. The summed E-state index contributed by atoms with van der Waals surface area (Å²) in [6.45, 7) is 6.24. The number of rotatable bonds is 8. The smallest absolute Gasteiger partial charge is 0.261 e. The molecule has 7 heteroatoms. The average molecular weight is 400 g/mol. The van der Waals surface area contributed by atoms with Gasteiger partial charge in [-0.1, -0.05) is 24.3 Å². The first-order valence-electron chi connectivity index (χ1n) is 9.93. The van der Waals surface area contributed by atoms with E-state index in [4.69, 9.17) is 0 Å². The van der Waals surface area contributed by atoms with Crippen molar-refractivity contribution in [1.82, 2.24) is 16.0 Å². The molecule has 1 atom stereocenters. The normalized spacial score (nSPS) is 16.8. The Labute approximate surface area is 171 Å². The molecule has 3 rings (SSSR count). The molecule has 1 aliphatic heterocycles. The number of amides is 1. The summed E-state index contributed by atoms with van der Waals surface area (Å²) in [5.74, 6) is 0.850.